The summed E-state index contributed by atoms with van der Waals surface area (Å²) in [6.07, 6.45) is 2.39. The SMILES string of the molecule is COc1ccc(CCN(C)c2cc(C)nc(SCc3ccc(C(=O)NCc4ccco4)o3)n2)cc1OC. The highest BCUT2D eigenvalue weighted by molar-refractivity contribution is 7.98. The summed E-state index contributed by atoms with van der Waals surface area (Å²) in [4.78, 5) is 23.7. The van der Waals surface area contributed by atoms with Gasteiger partial charge in [0.25, 0.3) is 5.91 Å². The van der Waals surface area contributed by atoms with Crippen molar-refractivity contribution < 1.29 is 23.1 Å². The van der Waals surface area contributed by atoms with E-state index in [4.69, 9.17) is 23.3 Å². The zero-order valence-electron chi connectivity index (χ0n) is 21.3. The van der Waals surface area contributed by atoms with Crippen LogP contribution in [0.1, 0.15) is 33.3 Å². The average Bonchev–Trinajstić information content (AvgIpc) is 3.61. The van der Waals surface area contributed by atoms with Crippen LogP contribution < -0.4 is 19.7 Å². The number of amides is 1. The number of methoxy groups -OCH3 is 2. The number of thioether (sulfide) groups is 1. The van der Waals surface area contributed by atoms with Gasteiger partial charge in [-0.1, -0.05) is 17.8 Å². The van der Waals surface area contributed by atoms with Gasteiger partial charge in [0.1, 0.15) is 17.3 Å². The maximum Gasteiger partial charge on any atom is 0.287 e. The molecule has 0 unspecified atom stereocenters. The topological polar surface area (TPSA) is 103 Å². The zero-order valence-corrected chi connectivity index (χ0v) is 22.1. The highest BCUT2D eigenvalue weighted by Crippen LogP contribution is 2.28. The molecule has 3 heterocycles. The van der Waals surface area contributed by atoms with Crippen molar-refractivity contribution in [2.75, 3.05) is 32.7 Å². The molecular weight excluding hydrogens is 492 g/mol. The third kappa shape index (κ3) is 7.07. The second-order valence-corrected chi connectivity index (χ2v) is 9.27. The van der Waals surface area contributed by atoms with Gasteiger partial charge in [-0.2, -0.15) is 0 Å². The normalized spacial score (nSPS) is 10.8. The van der Waals surface area contributed by atoms with E-state index in [1.165, 1.54) is 11.8 Å². The van der Waals surface area contributed by atoms with Gasteiger partial charge in [-0.15, -0.1) is 0 Å². The fourth-order valence-corrected chi connectivity index (χ4v) is 4.41. The molecular formula is C27H30N4O5S. The van der Waals surface area contributed by atoms with Crippen LogP contribution in [0.15, 0.2) is 68.8 Å². The first-order valence-electron chi connectivity index (χ1n) is 11.7. The Hall–Kier alpha value is -3.92. The molecule has 10 heteroatoms. The number of carbonyl (C=O) groups excluding carboxylic acids is 1. The molecule has 0 aliphatic carbocycles. The summed E-state index contributed by atoms with van der Waals surface area (Å²) in [6.45, 7) is 3.02. The molecule has 4 aromatic rings. The molecule has 0 spiro atoms. The van der Waals surface area contributed by atoms with Crippen LogP contribution in [0.3, 0.4) is 0 Å². The van der Waals surface area contributed by atoms with Crippen LogP contribution in [-0.4, -0.2) is 43.7 Å². The molecule has 0 saturated heterocycles. The van der Waals surface area contributed by atoms with Crippen molar-refractivity contribution in [1.82, 2.24) is 15.3 Å². The summed E-state index contributed by atoms with van der Waals surface area (Å²) in [5, 5.41) is 3.42. The third-order valence-corrected chi connectivity index (χ3v) is 6.50. The first-order valence-corrected chi connectivity index (χ1v) is 12.7. The number of ether oxygens (including phenoxy) is 2. The number of furan rings is 2. The summed E-state index contributed by atoms with van der Waals surface area (Å²) >= 11 is 1.46. The fourth-order valence-electron chi connectivity index (χ4n) is 3.61. The Morgan fingerprint density at radius 3 is 2.65 bits per heavy atom. The minimum Gasteiger partial charge on any atom is -0.493 e. The summed E-state index contributed by atoms with van der Waals surface area (Å²) in [6, 6.07) is 14.9. The minimum atomic E-state index is -0.294. The van der Waals surface area contributed by atoms with E-state index < -0.39 is 0 Å². The number of aryl methyl sites for hydroxylation is 1. The van der Waals surface area contributed by atoms with Crippen LogP contribution in [0.2, 0.25) is 0 Å². The molecule has 0 aliphatic rings. The lowest BCUT2D eigenvalue weighted by molar-refractivity contribution is 0.0919. The van der Waals surface area contributed by atoms with Crippen LogP contribution in [0, 0.1) is 6.92 Å². The Balaban J connectivity index is 1.32. The Bertz CT molecular complexity index is 1320. The highest BCUT2D eigenvalue weighted by Gasteiger charge is 2.14. The Kier molecular flexibility index (Phi) is 8.73. The lowest BCUT2D eigenvalue weighted by atomic mass is 10.1. The summed E-state index contributed by atoms with van der Waals surface area (Å²) in [5.74, 6) is 4.08. The van der Waals surface area contributed by atoms with Gasteiger partial charge in [-0.3, -0.25) is 4.79 Å². The van der Waals surface area contributed by atoms with Crippen molar-refractivity contribution in [2.45, 2.75) is 30.8 Å². The number of hydrogen-bond acceptors (Lipinski definition) is 9. The van der Waals surface area contributed by atoms with Crippen LogP contribution in [-0.2, 0) is 18.7 Å². The smallest absolute Gasteiger partial charge is 0.287 e. The molecule has 0 aliphatic heterocycles. The molecule has 194 valence electrons. The second kappa shape index (κ2) is 12.4. The number of likely N-dealkylation sites (N-methyl/N-ethyl adjacent to an activating group) is 1. The van der Waals surface area contributed by atoms with E-state index in [0.29, 0.717) is 34.7 Å². The van der Waals surface area contributed by atoms with Crippen LogP contribution in [0.4, 0.5) is 5.82 Å². The van der Waals surface area contributed by atoms with Crippen molar-refractivity contribution in [3.63, 3.8) is 0 Å². The number of anilines is 1. The Morgan fingerprint density at radius 1 is 1.05 bits per heavy atom. The molecule has 4 rings (SSSR count). The Morgan fingerprint density at radius 2 is 1.89 bits per heavy atom. The maximum atomic E-state index is 12.3. The van der Waals surface area contributed by atoms with E-state index in [-0.39, 0.29) is 11.7 Å². The molecule has 0 radical (unpaired) electrons. The van der Waals surface area contributed by atoms with E-state index in [1.54, 1.807) is 44.7 Å². The standard InChI is InChI=1S/C27H30N4O5S/c1-18-14-25(31(2)12-11-19-7-9-22(33-3)24(15-19)34-4)30-27(29-18)37-17-21-8-10-23(36-21)26(32)28-16-20-6-5-13-35-20/h5-10,13-15H,11-12,16-17H2,1-4H3,(H,28,32). The van der Waals surface area contributed by atoms with E-state index in [0.717, 1.165) is 35.8 Å². The molecule has 0 bridgehead atoms. The van der Waals surface area contributed by atoms with Crippen molar-refractivity contribution in [3.05, 3.63) is 83.3 Å². The summed E-state index contributed by atoms with van der Waals surface area (Å²) in [5.41, 5.74) is 2.02. The summed E-state index contributed by atoms with van der Waals surface area (Å²) in [7, 11) is 5.28. The van der Waals surface area contributed by atoms with Gasteiger partial charge in [-0.25, -0.2) is 9.97 Å². The van der Waals surface area contributed by atoms with Crippen molar-refractivity contribution in [1.29, 1.82) is 0 Å². The van der Waals surface area contributed by atoms with Gasteiger partial charge in [0, 0.05) is 25.4 Å². The highest BCUT2D eigenvalue weighted by atomic mass is 32.2. The average molecular weight is 523 g/mol. The molecule has 0 atom stereocenters. The molecule has 3 aromatic heterocycles. The van der Waals surface area contributed by atoms with E-state index >= 15 is 0 Å². The first kappa shape index (κ1) is 26.2. The van der Waals surface area contributed by atoms with E-state index in [2.05, 4.69) is 15.2 Å². The van der Waals surface area contributed by atoms with Gasteiger partial charge in [0.2, 0.25) is 0 Å². The largest absolute Gasteiger partial charge is 0.493 e. The van der Waals surface area contributed by atoms with Crippen LogP contribution in [0.25, 0.3) is 0 Å². The maximum absolute atomic E-state index is 12.3. The zero-order chi connectivity index (χ0) is 26.2. The number of rotatable bonds is 12. The number of benzene rings is 1. The van der Waals surface area contributed by atoms with Gasteiger partial charge >= 0.3 is 0 Å². The predicted molar refractivity (Wildman–Crippen MR) is 141 cm³/mol. The molecule has 0 fully saturated rings. The molecule has 1 N–H and O–H groups in total. The third-order valence-electron chi connectivity index (χ3n) is 5.63. The van der Waals surface area contributed by atoms with Gasteiger partial charge < -0.3 is 28.5 Å². The quantitative estimate of drug-likeness (QED) is 0.206. The van der Waals surface area contributed by atoms with Crippen LogP contribution >= 0.6 is 11.8 Å². The summed E-state index contributed by atoms with van der Waals surface area (Å²) < 4.78 is 21.7. The van der Waals surface area contributed by atoms with E-state index in [9.17, 15) is 4.79 Å². The lowest BCUT2D eigenvalue weighted by Gasteiger charge is -2.19. The van der Waals surface area contributed by atoms with Crippen molar-refractivity contribution in [2.24, 2.45) is 0 Å². The number of hydrogen-bond donors (Lipinski definition) is 1. The molecule has 1 aromatic carbocycles. The fraction of sp³-hybridized carbons (Fsp3) is 0.296. The number of nitrogens with one attached hydrogen (secondary N) is 1. The van der Waals surface area contributed by atoms with E-state index in [1.807, 2.05) is 38.2 Å². The number of nitrogens with zero attached hydrogens (tertiary/aromatic N) is 3. The van der Waals surface area contributed by atoms with Crippen LogP contribution in [0.5, 0.6) is 11.5 Å². The van der Waals surface area contributed by atoms with Crippen molar-refractivity contribution >= 4 is 23.5 Å². The van der Waals surface area contributed by atoms with Gasteiger partial charge in [0.15, 0.2) is 22.4 Å². The first-order chi connectivity index (χ1) is 17.9. The number of carbonyl (C=O) groups is 1. The number of aromatic nitrogens is 2. The molecule has 37 heavy (non-hydrogen) atoms. The monoisotopic (exact) mass is 522 g/mol. The molecule has 1 amide bonds. The molecule has 9 nitrogen and oxygen atoms in total. The molecule has 0 saturated carbocycles. The lowest BCUT2D eigenvalue weighted by Crippen LogP contribution is -2.22. The Labute approximate surface area is 220 Å². The minimum absolute atomic E-state index is 0.253. The second-order valence-electron chi connectivity index (χ2n) is 8.33. The predicted octanol–water partition coefficient (Wildman–Crippen LogP) is 4.89. The van der Waals surface area contributed by atoms with Crippen molar-refractivity contribution in [3.8, 4) is 11.5 Å². The van der Waals surface area contributed by atoms with Gasteiger partial charge in [0.05, 0.1) is 32.8 Å². The van der Waals surface area contributed by atoms with Gasteiger partial charge in [-0.05, 0) is 55.3 Å².